The van der Waals surface area contributed by atoms with E-state index in [0.29, 0.717) is 19.6 Å². The quantitative estimate of drug-likeness (QED) is 0.680. The molecule has 2 rings (SSSR count). The molecule has 2 aromatic rings. The largest absolute Gasteiger partial charge is 0.388 e. The van der Waals surface area contributed by atoms with Crippen LogP contribution in [0.15, 0.2) is 73.3 Å². The summed E-state index contributed by atoms with van der Waals surface area (Å²) in [6, 6.07) is 19.8. The van der Waals surface area contributed by atoms with Crippen LogP contribution in [0, 0.1) is 0 Å². The first-order chi connectivity index (χ1) is 11.3. The molecule has 0 spiro atoms. The van der Waals surface area contributed by atoms with E-state index in [1.807, 2.05) is 60.7 Å². The molecule has 0 aliphatic carbocycles. The summed E-state index contributed by atoms with van der Waals surface area (Å²) in [7, 11) is 0. The molecular weight excluding hydrogens is 288 g/mol. The predicted octanol–water partition coefficient (Wildman–Crippen LogP) is 3.73. The maximum atomic E-state index is 10.3. The molecule has 0 amide bonds. The van der Waals surface area contributed by atoms with Gasteiger partial charge in [-0.15, -0.1) is 6.58 Å². The van der Waals surface area contributed by atoms with Crippen molar-refractivity contribution in [1.82, 2.24) is 0 Å². The summed E-state index contributed by atoms with van der Waals surface area (Å²) in [6.45, 7) is 4.92. The normalized spacial score (nSPS) is 13.4. The van der Waals surface area contributed by atoms with Gasteiger partial charge in [0.15, 0.2) is 0 Å². The minimum atomic E-state index is -0.680. The zero-order chi connectivity index (χ0) is 16.3. The number of hydrogen-bond donors (Lipinski definition) is 1. The van der Waals surface area contributed by atoms with Gasteiger partial charge in [0.05, 0.1) is 25.9 Å². The van der Waals surface area contributed by atoms with Crippen molar-refractivity contribution < 1.29 is 14.6 Å². The first-order valence-corrected chi connectivity index (χ1v) is 7.85. The average molecular weight is 312 g/mol. The Bertz CT molecular complexity index is 554. The Morgan fingerprint density at radius 3 is 2.04 bits per heavy atom. The number of aliphatic hydroxyl groups excluding tert-OH is 1. The highest BCUT2D eigenvalue weighted by Crippen LogP contribution is 2.11. The van der Waals surface area contributed by atoms with Crippen LogP contribution in [-0.2, 0) is 22.7 Å². The number of rotatable bonds is 10. The third-order valence-corrected chi connectivity index (χ3v) is 3.54. The van der Waals surface area contributed by atoms with Crippen molar-refractivity contribution in [2.75, 3.05) is 6.61 Å². The third-order valence-electron chi connectivity index (χ3n) is 3.54. The minimum Gasteiger partial charge on any atom is -0.388 e. The van der Waals surface area contributed by atoms with Gasteiger partial charge in [-0.25, -0.2) is 0 Å². The van der Waals surface area contributed by atoms with E-state index in [2.05, 4.69) is 6.58 Å². The second-order valence-corrected chi connectivity index (χ2v) is 5.43. The van der Waals surface area contributed by atoms with Crippen molar-refractivity contribution in [2.24, 2.45) is 0 Å². The molecule has 0 heterocycles. The van der Waals surface area contributed by atoms with Crippen LogP contribution in [0.2, 0.25) is 0 Å². The molecule has 0 aromatic heterocycles. The number of aliphatic hydroxyl groups is 1. The molecule has 1 N–H and O–H groups in total. The van der Waals surface area contributed by atoms with Gasteiger partial charge in [0.1, 0.15) is 6.10 Å². The van der Waals surface area contributed by atoms with E-state index in [1.165, 1.54) is 0 Å². The molecule has 23 heavy (non-hydrogen) atoms. The number of ether oxygens (including phenoxy) is 2. The van der Waals surface area contributed by atoms with Crippen LogP contribution in [0.1, 0.15) is 17.5 Å². The predicted molar refractivity (Wildman–Crippen MR) is 91.9 cm³/mol. The third kappa shape index (κ3) is 6.37. The Kier molecular flexibility index (Phi) is 7.54. The summed E-state index contributed by atoms with van der Waals surface area (Å²) in [4.78, 5) is 0. The van der Waals surface area contributed by atoms with Gasteiger partial charge < -0.3 is 14.6 Å². The minimum absolute atomic E-state index is 0.238. The van der Waals surface area contributed by atoms with Crippen LogP contribution in [0.4, 0.5) is 0 Å². The number of hydrogen-bond acceptors (Lipinski definition) is 3. The second-order valence-electron chi connectivity index (χ2n) is 5.43. The highest BCUT2D eigenvalue weighted by Gasteiger charge is 2.19. The lowest BCUT2D eigenvalue weighted by Crippen LogP contribution is -2.32. The fraction of sp³-hybridized carbons (Fsp3) is 0.300. The Hall–Kier alpha value is -1.94. The van der Waals surface area contributed by atoms with Gasteiger partial charge in [-0.1, -0.05) is 66.7 Å². The molecular formula is C20H24O3. The average Bonchev–Trinajstić information content (AvgIpc) is 2.60. The van der Waals surface area contributed by atoms with Crippen LogP contribution >= 0.6 is 0 Å². The Morgan fingerprint density at radius 1 is 0.913 bits per heavy atom. The van der Waals surface area contributed by atoms with Gasteiger partial charge in [0.2, 0.25) is 0 Å². The molecule has 3 heteroatoms. The number of benzene rings is 2. The summed E-state index contributed by atoms with van der Waals surface area (Å²) < 4.78 is 11.4. The van der Waals surface area contributed by atoms with E-state index in [0.717, 1.165) is 11.1 Å². The van der Waals surface area contributed by atoms with Crippen LogP contribution in [0.5, 0.6) is 0 Å². The lowest BCUT2D eigenvalue weighted by atomic mass is 10.1. The van der Waals surface area contributed by atoms with Gasteiger partial charge >= 0.3 is 0 Å². The lowest BCUT2D eigenvalue weighted by molar-refractivity contribution is -0.0790. The fourth-order valence-electron chi connectivity index (χ4n) is 2.26. The topological polar surface area (TPSA) is 38.7 Å². The van der Waals surface area contributed by atoms with E-state index >= 15 is 0 Å². The molecule has 2 aromatic carbocycles. The van der Waals surface area contributed by atoms with Gasteiger partial charge in [-0.2, -0.15) is 0 Å². The SMILES string of the molecule is C=CCC(OCc1ccccc1)C(O)COCc1ccccc1. The Labute approximate surface area is 138 Å². The zero-order valence-corrected chi connectivity index (χ0v) is 13.3. The first-order valence-electron chi connectivity index (χ1n) is 7.85. The standard InChI is InChI=1S/C20H24O3/c1-2-9-20(23-15-18-12-7-4-8-13-18)19(21)16-22-14-17-10-5-3-6-11-17/h2-8,10-13,19-21H,1,9,14-16H2. The molecule has 0 fully saturated rings. The smallest absolute Gasteiger partial charge is 0.104 e. The summed E-state index contributed by atoms with van der Waals surface area (Å²) in [5, 5.41) is 10.3. The van der Waals surface area contributed by atoms with E-state index < -0.39 is 6.10 Å². The molecule has 0 aliphatic heterocycles. The van der Waals surface area contributed by atoms with Crippen LogP contribution < -0.4 is 0 Å². The second kappa shape index (κ2) is 9.95. The maximum Gasteiger partial charge on any atom is 0.104 e. The van der Waals surface area contributed by atoms with E-state index in [-0.39, 0.29) is 12.7 Å². The van der Waals surface area contributed by atoms with Crippen molar-refractivity contribution in [3.05, 3.63) is 84.4 Å². The molecule has 0 aliphatic rings. The molecule has 0 saturated heterocycles. The van der Waals surface area contributed by atoms with Crippen molar-refractivity contribution in [1.29, 1.82) is 0 Å². The molecule has 122 valence electrons. The Morgan fingerprint density at radius 2 is 1.48 bits per heavy atom. The van der Waals surface area contributed by atoms with Crippen molar-refractivity contribution >= 4 is 0 Å². The van der Waals surface area contributed by atoms with E-state index in [1.54, 1.807) is 6.08 Å². The van der Waals surface area contributed by atoms with Crippen molar-refractivity contribution in [3.8, 4) is 0 Å². The van der Waals surface area contributed by atoms with Crippen molar-refractivity contribution in [3.63, 3.8) is 0 Å². The molecule has 2 atom stereocenters. The summed E-state index contributed by atoms with van der Waals surface area (Å²) in [6.07, 6.45) is 1.35. The zero-order valence-electron chi connectivity index (χ0n) is 13.3. The van der Waals surface area contributed by atoms with Crippen LogP contribution in [0.25, 0.3) is 0 Å². The van der Waals surface area contributed by atoms with Gasteiger partial charge in [0.25, 0.3) is 0 Å². The monoisotopic (exact) mass is 312 g/mol. The summed E-state index contributed by atoms with van der Waals surface area (Å²) in [5.41, 5.74) is 2.17. The Balaban J connectivity index is 1.78. The summed E-state index contributed by atoms with van der Waals surface area (Å²) in [5.74, 6) is 0. The van der Waals surface area contributed by atoms with E-state index in [4.69, 9.17) is 9.47 Å². The molecule has 0 saturated carbocycles. The molecule has 0 bridgehead atoms. The molecule has 2 unspecified atom stereocenters. The van der Waals surface area contributed by atoms with Gasteiger partial charge in [-0.05, 0) is 17.5 Å². The highest BCUT2D eigenvalue weighted by molar-refractivity contribution is 5.14. The maximum absolute atomic E-state index is 10.3. The van der Waals surface area contributed by atoms with Gasteiger partial charge in [-0.3, -0.25) is 0 Å². The van der Waals surface area contributed by atoms with E-state index in [9.17, 15) is 5.11 Å². The highest BCUT2D eigenvalue weighted by atomic mass is 16.5. The lowest BCUT2D eigenvalue weighted by Gasteiger charge is -2.22. The van der Waals surface area contributed by atoms with Crippen LogP contribution in [-0.4, -0.2) is 23.9 Å². The fourth-order valence-corrected chi connectivity index (χ4v) is 2.26. The van der Waals surface area contributed by atoms with Crippen molar-refractivity contribution in [2.45, 2.75) is 31.8 Å². The molecule has 3 nitrogen and oxygen atoms in total. The summed E-state index contributed by atoms with van der Waals surface area (Å²) >= 11 is 0. The van der Waals surface area contributed by atoms with Crippen LogP contribution in [0.3, 0.4) is 0 Å². The first kappa shape index (κ1) is 17.4. The van der Waals surface area contributed by atoms with Gasteiger partial charge in [0, 0.05) is 0 Å². The molecule has 0 radical (unpaired) electrons.